The molecule has 2 aliphatic heterocycles. The molecule has 0 radical (unpaired) electrons. The third kappa shape index (κ3) is 2.74. The van der Waals surface area contributed by atoms with Gasteiger partial charge in [0.15, 0.2) is 0 Å². The van der Waals surface area contributed by atoms with Crippen LogP contribution >= 0.6 is 0 Å². The summed E-state index contributed by atoms with van der Waals surface area (Å²) in [5, 5.41) is 3.21. The van der Waals surface area contributed by atoms with Crippen LogP contribution in [0.4, 0.5) is 0 Å². The summed E-state index contributed by atoms with van der Waals surface area (Å²) in [6.45, 7) is 3.95. The van der Waals surface area contributed by atoms with Crippen molar-refractivity contribution < 1.29 is 4.79 Å². The molecule has 0 spiro atoms. The van der Waals surface area contributed by atoms with Crippen molar-refractivity contribution in [2.24, 2.45) is 5.92 Å². The van der Waals surface area contributed by atoms with Crippen molar-refractivity contribution in [3.05, 3.63) is 0 Å². The predicted octanol–water partition coefficient (Wildman–Crippen LogP) is 0.149. The summed E-state index contributed by atoms with van der Waals surface area (Å²) >= 11 is 0. The molecule has 0 atom stereocenters. The lowest BCUT2D eigenvalue weighted by molar-refractivity contribution is -0.134. The average Bonchev–Trinajstić information content (AvgIpc) is 2.23. The van der Waals surface area contributed by atoms with Crippen molar-refractivity contribution >= 4 is 5.91 Å². The fourth-order valence-corrected chi connectivity index (χ4v) is 2.50. The molecule has 0 unspecified atom stereocenters. The van der Waals surface area contributed by atoms with Crippen LogP contribution in [0.5, 0.6) is 0 Å². The normalized spacial score (nSPS) is 23.6. The predicted molar refractivity (Wildman–Crippen MR) is 64.3 cm³/mol. The molecule has 1 amide bonds. The Morgan fingerprint density at radius 2 is 1.94 bits per heavy atom. The highest BCUT2D eigenvalue weighted by atomic mass is 16.2. The van der Waals surface area contributed by atoms with Crippen molar-refractivity contribution in [3.63, 3.8) is 0 Å². The minimum Gasteiger partial charge on any atom is -0.343 e. The molecule has 4 heteroatoms. The topological polar surface area (TPSA) is 35.6 Å². The van der Waals surface area contributed by atoms with Crippen LogP contribution in [0.2, 0.25) is 0 Å². The van der Waals surface area contributed by atoms with E-state index >= 15 is 0 Å². The summed E-state index contributed by atoms with van der Waals surface area (Å²) in [5.74, 6) is 0.961. The molecule has 1 N–H and O–H groups in total. The maximum atomic E-state index is 12.0. The second-order valence-electron chi connectivity index (χ2n) is 5.30. The zero-order valence-corrected chi connectivity index (χ0v) is 10.4. The largest absolute Gasteiger partial charge is 0.343 e. The minimum atomic E-state index is 0.365. The van der Waals surface area contributed by atoms with E-state index < -0.39 is 0 Å². The van der Waals surface area contributed by atoms with Crippen LogP contribution < -0.4 is 5.32 Å². The van der Waals surface area contributed by atoms with E-state index in [-0.39, 0.29) is 0 Å². The van der Waals surface area contributed by atoms with Gasteiger partial charge in [-0.05, 0) is 45.9 Å². The summed E-state index contributed by atoms with van der Waals surface area (Å²) < 4.78 is 0. The highest BCUT2D eigenvalue weighted by molar-refractivity contribution is 5.76. The monoisotopic (exact) mass is 225 g/mol. The summed E-state index contributed by atoms with van der Waals surface area (Å²) in [5.41, 5.74) is 0. The number of amides is 1. The molecule has 4 nitrogen and oxygen atoms in total. The summed E-state index contributed by atoms with van der Waals surface area (Å²) in [7, 11) is 4.25. The molecule has 0 aliphatic carbocycles. The van der Waals surface area contributed by atoms with Gasteiger partial charge < -0.3 is 15.1 Å². The van der Waals surface area contributed by atoms with Gasteiger partial charge in [0.25, 0.3) is 0 Å². The molecule has 2 aliphatic rings. The zero-order valence-electron chi connectivity index (χ0n) is 10.4. The first-order valence-corrected chi connectivity index (χ1v) is 6.31. The van der Waals surface area contributed by atoms with Gasteiger partial charge in [-0.15, -0.1) is 0 Å². The Morgan fingerprint density at radius 1 is 1.31 bits per heavy atom. The van der Waals surface area contributed by atoms with Gasteiger partial charge in [0.2, 0.25) is 5.91 Å². The Morgan fingerprint density at radius 3 is 2.38 bits per heavy atom. The smallest absolute Gasteiger partial charge is 0.222 e. The molecular formula is C12H23N3O. The molecule has 0 bridgehead atoms. The van der Waals surface area contributed by atoms with E-state index in [1.807, 2.05) is 0 Å². The van der Waals surface area contributed by atoms with Crippen LogP contribution in [0, 0.1) is 5.92 Å². The lowest BCUT2D eigenvalue weighted by atomic mass is 9.97. The Labute approximate surface area is 98.0 Å². The highest BCUT2D eigenvalue weighted by Crippen LogP contribution is 2.17. The molecule has 0 aromatic heterocycles. The van der Waals surface area contributed by atoms with Crippen LogP contribution in [0.3, 0.4) is 0 Å². The van der Waals surface area contributed by atoms with Gasteiger partial charge in [0, 0.05) is 25.6 Å². The third-order valence-electron chi connectivity index (χ3n) is 3.88. The highest BCUT2D eigenvalue weighted by Gasteiger charge is 2.27. The first-order chi connectivity index (χ1) is 7.66. The second-order valence-corrected chi connectivity index (χ2v) is 5.30. The van der Waals surface area contributed by atoms with E-state index in [9.17, 15) is 4.79 Å². The number of carbonyl (C=O) groups excluding carboxylic acids is 1. The number of likely N-dealkylation sites (tertiary alicyclic amines) is 1. The van der Waals surface area contributed by atoms with E-state index in [0.717, 1.165) is 45.4 Å². The maximum Gasteiger partial charge on any atom is 0.222 e. The number of nitrogens with one attached hydrogen (secondary N) is 1. The summed E-state index contributed by atoms with van der Waals surface area (Å²) in [6.07, 6.45) is 3.00. The fourth-order valence-electron chi connectivity index (χ4n) is 2.50. The molecule has 16 heavy (non-hydrogen) atoms. The van der Waals surface area contributed by atoms with Gasteiger partial charge in [0.1, 0.15) is 0 Å². The third-order valence-corrected chi connectivity index (χ3v) is 3.88. The number of piperidine rings is 1. The molecular weight excluding hydrogens is 202 g/mol. The van der Waals surface area contributed by atoms with Crippen molar-refractivity contribution in [1.29, 1.82) is 0 Å². The van der Waals surface area contributed by atoms with Gasteiger partial charge in [-0.25, -0.2) is 0 Å². The van der Waals surface area contributed by atoms with Crippen LogP contribution in [0.15, 0.2) is 0 Å². The van der Waals surface area contributed by atoms with Crippen LogP contribution in [-0.2, 0) is 4.79 Å². The van der Waals surface area contributed by atoms with E-state index in [1.165, 1.54) is 0 Å². The number of hydrogen-bond acceptors (Lipinski definition) is 3. The lowest BCUT2D eigenvalue weighted by Crippen LogP contribution is -2.48. The molecule has 92 valence electrons. The van der Waals surface area contributed by atoms with E-state index in [1.54, 1.807) is 0 Å². The second kappa shape index (κ2) is 5.15. The van der Waals surface area contributed by atoms with E-state index in [2.05, 4.69) is 29.2 Å². The van der Waals surface area contributed by atoms with Crippen molar-refractivity contribution in [1.82, 2.24) is 15.1 Å². The molecule has 0 saturated carbocycles. The summed E-state index contributed by atoms with van der Waals surface area (Å²) in [6, 6.07) is 0.661. The minimum absolute atomic E-state index is 0.365. The Bertz CT molecular complexity index is 243. The first kappa shape index (κ1) is 11.9. The van der Waals surface area contributed by atoms with Gasteiger partial charge in [0.05, 0.1) is 0 Å². The standard InChI is InChI=1S/C12H23N3O/c1-14(2)11-3-5-15(6-4-11)12(16)7-10-8-13-9-10/h10-11,13H,3-9H2,1-2H3. The molecule has 0 aromatic rings. The van der Waals surface area contributed by atoms with Crippen molar-refractivity contribution in [3.8, 4) is 0 Å². The number of nitrogens with zero attached hydrogens (tertiary/aromatic N) is 2. The number of rotatable bonds is 3. The Hall–Kier alpha value is -0.610. The first-order valence-electron chi connectivity index (χ1n) is 6.31. The lowest BCUT2D eigenvalue weighted by Gasteiger charge is -2.36. The van der Waals surface area contributed by atoms with E-state index in [4.69, 9.17) is 0 Å². The Kier molecular flexibility index (Phi) is 3.82. The molecule has 2 rings (SSSR count). The van der Waals surface area contributed by atoms with Crippen molar-refractivity contribution in [2.75, 3.05) is 40.3 Å². The molecule has 2 saturated heterocycles. The maximum absolute atomic E-state index is 12.0. The van der Waals surface area contributed by atoms with Crippen LogP contribution in [0.25, 0.3) is 0 Å². The molecule has 2 fully saturated rings. The SMILES string of the molecule is CN(C)C1CCN(C(=O)CC2CNC2)CC1. The van der Waals surface area contributed by atoms with Crippen LogP contribution in [0.1, 0.15) is 19.3 Å². The number of hydrogen-bond donors (Lipinski definition) is 1. The average molecular weight is 225 g/mol. The van der Waals surface area contributed by atoms with E-state index in [0.29, 0.717) is 17.9 Å². The summed E-state index contributed by atoms with van der Waals surface area (Å²) in [4.78, 5) is 16.3. The van der Waals surface area contributed by atoms with Gasteiger partial charge in [-0.1, -0.05) is 0 Å². The fraction of sp³-hybridized carbons (Fsp3) is 0.917. The van der Waals surface area contributed by atoms with Gasteiger partial charge in [-0.2, -0.15) is 0 Å². The van der Waals surface area contributed by atoms with Gasteiger partial charge in [-0.3, -0.25) is 4.79 Å². The van der Waals surface area contributed by atoms with Crippen LogP contribution in [-0.4, -0.2) is 62.0 Å². The zero-order chi connectivity index (χ0) is 11.5. The van der Waals surface area contributed by atoms with Gasteiger partial charge >= 0.3 is 0 Å². The number of carbonyl (C=O) groups is 1. The Balaban J connectivity index is 1.72. The molecule has 0 aromatic carbocycles. The molecule has 2 heterocycles. The van der Waals surface area contributed by atoms with Crippen molar-refractivity contribution in [2.45, 2.75) is 25.3 Å². The quantitative estimate of drug-likeness (QED) is 0.742.